The van der Waals surface area contributed by atoms with Gasteiger partial charge in [0, 0.05) is 12.6 Å². The maximum atomic E-state index is 8.58. The van der Waals surface area contributed by atoms with Crippen LogP contribution < -0.4 is 0 Å². The van der Waals surface area contributed by atoms with Gasteiger partial charge in [-0.25, -0.2) is 0 Å². The summed E-state index contributed by atoms with van der Waals surface area (Å²) in [5.41, 5.74) is 0. The van der Waals surface area contributed by atoms with Crippen LogP contribution in [0, 0.1) is 0 Å². The highest BCUT2D eigenvalue weighted by molar-refractivity contribution is 4.60. The smallest absolute Gasteiger partial charge is 0.0431 e. The van der Waals surface area contributed by atoms with Gasteiger partial charge in [0.05, 0.1) is 0 Å². The minimum Gasteiger partial charge on any atom is -0.396 e. The van der Waals surface area contributed by atoms with Crippen LogP contribution in [-0.2, 0) is 0 Å². The summed E-state index contributed by atoms with van der Waals surface area (Å²) in [6, 6.07) is 0.657. The molecule has 0 aliphatic heterocycles. The number of hydrogen-bond acceptors (Lipinski definition) is 2. The van der Waals surface area contributed by atoms with E-state index in [1.807, 2.05) is 13.8 Å². The third-order valence-electron chi connectivity index (χ3n) is 2.24. The molecule has 0 amide bonds. The van der Waals surface area contributed by atoms with Crippen molar-refractivity contribution in [3.63, 3.8) is 0 Å². The Morgan fingerprint density at radius 3 is 2.00 bits per heavy atom. The lowest BCUT2D eigenvalue weighted by Gasteiger charge is -2.24. The summed E-state index contributed by atoms with van der Waals surface area (Å²) in [5, 5.41) is 8.58. The second kappa shape index (κ2) is 12.9. The molecular formula is C12H29NO. The Morgan fingerprint density at radius 1 is 1.07 bits per heavy atom. The van der Waals surface area contributed by atoms with Crippen molar-refractivity contribution in [1.29, 1.82) is 0 Å². The van der Waals surface area contributed by atoms with Crippen molar-refractivity contribution in [2.24, 2.45) is 0 Å². The lowest BCUT2D eigenvalue weighted by Crippen LogP contribution is -2.31. The SMILES string of the molecule is CC.CCN(CCCCCO)C(C)C. The van der Waals surface area contributed by atoms with Crippen molar-refractivity contribution in [3.8, 4) is 0 Å². The summed E-state index contributed by atoms with van der Waals surface area (Å²) in [6.07, 6.45) is 3.32. The largest absolute Gasteiger partial charge is 0.396 e. The first kappa shape index (κ1) is 16.4. The van der Waals surface area contributed by atoms with E-state index in [9.17, 15) is 0 Å². The standard InChI is InChI=1S/C10H23NO.C2H6/c1-4-11(10(2)3)8-6-5-7-9-12;1-2/h10,12H,4-9H2,1-3H3;1-2H3. The van der Waals surface area contributed by atoms with Gasteiger partial charge in [0.1, 0.15) is 0 Å². The molecule has 0 aromatic heterocycles. The Balaban J connectivity index is 0. The van der Waals surface area contributed by atoms with Crippen molar-refractivity contribution in [1.82, 2.24) is 4.90 Å². The zero-order valence-electron chi connectivity index (χ0n) is 10.7. The van der Waals surface area contributed by atoms with Gasteiger partial charge in [-0.1, -0.05) is 20.8 Å². The van der Waals surface area contributed by atoms with Crippen LogP contribution in [0.3, 0.4) is 0 Å². The lowest BCUT2D eigenvalue weighted by molar-refractivity contribution is 0.222. The number of aliphatic hydroxyl groups excluding tert-OH is 1. The summed E-state index contributed by atoms with van der Waals surface area (Å²) in [7, 11) is 0. The summed E-state index contributed by atoms with van der Waals surface area (Å²) < 4.78 is 0. The molecule has 0 heterocycles. The average molecular weight is 203 g/mol. The lowest BCUT2D eigenvalue weighted by atomic mass is 10.2. The zero-order valence-corrected chi connectivity index (χ0v) is 10.7. The Morgan fingerprint density at radius 2 is 1.64 bits per heavy atom. The normalized spacial score (nSPS) is 10.3. The molecular weight excluding hydrogens is 174 g/mol. The highest BCUT2D eigenvalue weighted by Gasteiger charge is 2.04. The molecule has 0 aliphatic rings. The fraction of sp³-hybridized carbons (Fsp3) is 1.00. The molecule has 0 atom stereocenters. The molecule has 88 valence electrons. The molecule has 0 saturated carbocycles. The van der Waals surface area contributed by atoms with Gasteiger partial charge in [-0.2, -0.15) is 0 Å². The molecule has 0 aromatic carbocycles. The minimum atomic E-state index is 0.341. The van der Waals surface area contributed by atoms with E-state index in [1.165, 1.54) is 13.0 Å². The Labute approximate surface area is 90.3 Å². The highest BCUT2D eigenvalue weighted by Crippen LogP contribution is 2.02. The fourth-order valence-corrected chi connectivity index (χ4v) is 1.38. The Hall–Kier alpha value is -0.0800. The number of nitrogens with zero attached hydrogens (tertiary/aromatic N) is 1. The zero-order chi connectivity index (χ0) is 11.4. The van der Waals surface area contributed by atoms with Crippen LogP contribution in [0.15, 0.2) is 0 Å². The summed E-state index contributed by atoms with van der Waals surface area (Å²) in [4.78, 5) is 2.46. The molecule has 0 bridgehead atoms. The minimum absolute atomic E-state index is 0.341. The van der Waals surface area contributed by atoms with Crippen LogP contribution >= 0.6 is 0 Å². The van der Waals surface area contributed by atoms with Gasteiger partial charge in [0.25, 0.3) is 0 Å². The number of unbranched alkanes of at least 4 members (excludes halogenated alkanes) is 2. The molecule has 2 nitrogen and oxygen atoms in total. The third-order valence-corrected chi connectivity index (χ3v) is 2.24. The van der Waals surface area contributed by atoms with Crippen LogP contribution in [-0.4, -0.2) is 35.7 Å². The van der Waals surface area contributed by atoms with Gasteiger partial charge < -0.3 is 10.0 Å². The van der Waals surface area contributed by atoms with E-state index in [4.69, 9.17) is 5.11 Å². The molecule has 0 spiro atoms. The first-order valence-corrected chi connectivity index (χ1v) is 6.07. The van der Waals surface area contributed by atoms with Crippen molar-refractivity contribution in [2.45, 2.75) is 59.9 Å². The molecule has 0 radical (unpaired) electrons. The maximum Gasteiger partial charge on any atom is 0.0431 e. The highest BCUT2D eigenvalue weighted by atomic mass is 16.2. The number of aliphatic hydroxyl groups is 1. The molecule has 0 unspecified atom stereocenters. The molecule has 2 heteroatoms. The van der Waals surface area contributed by atoms with Crippen LogP contribution in [0.4, 0.5) is 0 Å². The van der Waals surface area contributed by atoms with Crippen LogP contribution in [0.2, 0.25) is 0 Å². The van der Waals surface area contributed by atoms with Gasteiger partial charge in [-0.15, -0.1) is 0 Å². The monoisotopic (exact) mass is 203 g/mol. The molecule has 0 aromatic rings. The summed E-state index contributed by atoms with van der Waals surface area (Å²) in [5.74, 6) is 0. The number of rotatable bonds is 7. The maximum absolute atomic E-state index is 8.58. The quantitative estimate of drug-likeness (QED) is 0.643. The second-order valence-electron chi connectivity index (χ2n) is 3.51. The molecule has 0 saturated heterocycles. The van der Waals surface area contributed by atoms with Crippen LogP contribution in [0.5, 0.6) is 0 Å². The van der Waals surface area contributed by atoms with Crippen molar-refractivity contribution < 1.29 is 5.11 Å². The Kier molecular flexibility index (Phi) is 15.1. The van der Waals surface area contributed by atoms with E-state index in [0.29, 0.717) is 12.6 Å². The second-order valence-corrected chi connectivity index (χ2v) is 3.51. The van der Waals surface area contributed by atoms with E-state index >= 15 is 0 Å². The fourth-order valence-electron chi connectivity index (χ4n) is 1.38. The van der Waals surface area contributed by atoms with Gasteiger partial charge in [-0.05, 0) is 46.2 Å². The molecule has 1 N–H and O–H groups in total. The van der Waals surface area contributed by atoms with E-state index < -0.39 is 0 Å². The molecule has 0 rings (SSSR count). The van der Waals surface area contributed by atoms with Crippen LogP contribution in [0.1, 0.15) is 53.9 Å². The van der Waals surface area contributed by atoms with Crippen molar-refractivity contribution in [2.75, 3.05) is 19.7 Å². The van der Waals surface area contributed by atoms with E-state index in [1.54, 1.807) is 0 Å². The first-order chi connectivity index (χ1) is 6.72. The van der Waals surface area contributed by atoms with Gasteiger partial charge in [0.15, 0.2) is 0 Å². The van der Waals surface area contributed by atoms with Gasteiger partial charge in [-0.3, -0.25) is 0 Å². The molecule has 14 heavy (non-hydrogen) atoms. The topological polar surface area (TPSA) is 23.5 Å². The predicted molar refractivity (Wildman–Crippen MR) is 64.7 cm³/mol. The predicted octanol–water partition coefficient (Wildman–Crippen LogP) is 2.91. The summed E-state index contributed by atoms with van der Waals surface area (Å²) in [6.45, 7) is 13.3. The van der Waals surface area contributed by atoms with Crippen molar-refractivity contribution >= 4 is 0 Å². The van der Waals surface area contributed by atoms with E-state index in [-0.39, 0.29) is 0 Å². The van der Waals surface area contributed by atoms with Crippen LogP contribution in [0.25, 0.3) is 0 Å². The average Bonchev–Trinajstić information content (AvgIpc) is 2.20. The molecule has 0 aliphatic carbocycles. The third kappa shape index (κ3) is 10.0. The van der Waals surface area contributed by atoms with Gasteiger partial charge in [0.2, 0.25) is 0 Å². The van der Waals surface area contributed by atoms with E-state index in [2.05, 4.69) is 25.7 Å². The number of hydrogen-bond donors (Lipinski definition) is 1. The first-order valence-electron chi connectivity index (χ1n) is 6.07. The van der Waals surface area contributed by atoms with Gasteiger partial charge >= 0.3 is 0 Å². The Bertz CT molecular complexity index is 94.3. The van der Waals surface area contributed by atoms with Crippen molar-refractivity contribution in [3.05, 3.63) is 0 Å². The molecule has 0 fully saturated rings. The van der Waals surface area contributed by atoms with E-state index in [0.717, 1.165) is 19.4 Å². The summed E-state index contributed by atoms with van der Waals surface area (Å²) >= 11 is 0.